The summed E-state index contributed by atoms with van der Waals surface area (Å²) >= 11 is 0. The first-order valence-electron chi connectivity index (χ1n) is 4.85. The van der Waals surface area contributed by atoms with Crippen molar-refractivity contribution < 1.29 is 13.6 Å². The number of nitrogens with zero attached hydrogens (tertiary/aromatic N) is 1. The Morgan fingerprint density at radius 2 is 2.06 bits per heavy atom. The summed E-state index contributed by atoms with van der Waals surface area (Å²) in [4.78, 5) is 12.6. The topological polar surface area (TPSA) is 32.3 Å². The highest BCUT2D eigenvalue weighted by Gasteiger charge is 2.06. The van der Waals surface area contributed by atoms with Gasteiger partial charge in [0.2, 0.25) is 5.91 Å². The minimum absolute atomic E-state index is 0.100. The van der Waals surface area contributed by atoms with Crippen molar-refractivity contribution in [3.63, 3.8) is 0 Å². The fourth-order valence-electron chi connectivity index (χ4n) is 1.14. The standard InChI is InChI=1S/C11H14F2N2O/c1-15(2)11(16)7-14-6-8-5-9(12)3-4-10(8)13/h3-5,14H,6-7H2,1-2H3. The summed E-state index contributed by atoms with van der Waals surface area (Å²) in [6.07, 6.45) is 0. The third kappa shape index (κ3) is 3.58. The van der Waals surface area contributed by atoms with E-state index in [0.29, 0.717) is 0 Å². The zero-order valence-corrected chi connectivity index (χ0v) is 9.26. The van der Waals surface area contributed by atoms with Gasteiger partial charge < -0.3 is 10.2 Å². The predicted octanol–water partition coefficient (Wildman–Crippen LogP) is 1.14. The minimum Gasteiger partial charge on any atom is -0.348 e. The molecule has 88 valence electrons. The second kappa shape index (κ2) is 5.55. The predicted molar refractivity (Wildman–Crippen MR) is 56.8 cm³/mol. The van der Waals surface area contributed by atoms with E-state index in [2.05, 4.69) is 5.32 Å². The van der Waals surface area contributed by atoms with Crippen molar-refractivity contribution in [3.8, 4) is 0 Å². The van der Waals surface area contributed by atoms with Crippen LogP contribution in [0.3, 0.4) is 0 Å². The summed E-state index contributed by atoms with van der Waals surface area (Å²) in [5, 5.41) is 2.75. The molecule has 0 atom stereocenters. The van der Waals surface area contributed by atoms with Gasteiger partial charge in [-0.2, -0.15) is 0 Å². The molecular weight excluding hydrogens is 214 g/mol. The van der Waals surface area contributed by atoms with E-state index < -0.39 is 11.6 Å². The Morgan fingerprint density at radius 3 is 2.69 bits per heavy atom. The number of rotatable bonds is 4. The van der Waals surface area contributed by atoms with E-state index in [4.69, 9.17) is 0 Å². The maximum Gasteiger partial charge on any atom is 0.236 e. The summed E-state index contributed by atoms with van der Waals surface area (Å²) in [6.45, 7) is 0.228. The SMILES string of the molecule is CN(C)C(=O)CNCc1cc(F)ccc1F. The van der Waals surface area contributed by atoms with E-state index in [9.17, 15) is 13.6 Å². The van der Waals surface area contributed by atoms with Gasteiger partial charge >= 0.3 is 0 Å². The first-order valence-corrected chi connectivity index (χ1v) is 4.85. The van der Waals surface area contributed by atoms with Crippen molar-refractivity contribution in [1.29, 1.82) is 0 Å². The van der Waals surface area contributed by atoms with Crippen molar-refractivity contribution in [3.05, 3.63) is 35.4 Å². The number of hydrogen-bond acceptors (Lipinski definition) is 2. The van der Waals surface area contributed by atoms with Gasteiger partial charge in [-0.25, -0.2) is 8.78 Å². The van der Waals surface area contributed by atoms with E-state index >= 15 is 0 Å². The molecule has 1 N–H and O–H groups in total. The van der Waals surface area contributed by atoms with Crippen molar-refractivity contribution >= 4 is 5.91 Å². The van der Waals surface area contributed by atoms with Crippen LogP contribution in [0.2, 0.25) is 0 Å². The largest absolute Gasteiger partial charge is 0.348 e. The van der Waals surface area contributed by atoms with Crippen molar-refractivity contribution in [1.82, 2.24) is 10.2 Å². The Hall–Kier alpha value is -1.49. The molecule has 1 rings (SSSR count). The van der Waals surface area contributed by atoms with Gasteiger partial charge in [-0.15, -0.1) is 0 Å². The zero-order valence-electron chi connectivity index (χ0n) is 9.26. The quantitative estimate of drug-likeness (QED) is 0.838. The van der Waals surface area contributed by atoms with Gasteiger partial charge in [0.15, 0.2) is 0 Å². The van der Waals surface area contributed by atoms with Crippen molar-refractivity contribution in [2.24, 2.45) is 0 Å². The molecule has 0 spiro atoms. The molecule has 0 unspecified atom stereocenters. The molecule has 5 heteroatoms. The lowest BCUT2D eigenvalue weighted by Gasteiger charge is -2.11. The van der Waals surface area contributed by atoms with Crippen LogP contribution >= 0.6 is 0 Å². The molecule has 0 aromatic heterocycles. The Morgan fingerprint density at radius 1 is 1.38 bits per heavy atom. The smallest absolute Gasteiger partial charge is 0.236 e. The third-order valence-electron chi connectivity index (χ3n) is 2.10. The molecule has 16 heavy (non-hydrogen) atoms. The molecular formula is C11H14F2N2O. The van der Waals surface area contributed by atoms with Gasteiger partial charge in [-0.1, -0.05) is 0 Å². The van der Waals surface area contributed by atoms with E-state index in [1.165, 1.54) is 4.90 Å². The zero-order chi connectivity index (χ0) is 12.1. The van der Waals surface area contributed by atoms with E-state index in [-0.39, 0.29) is 24.6 Å². The maximum absolute atomic E-state index is 13.2. The average Bonchev–Trinajstić information content (AvgIpc) is 2.22. The number of benzene rings is 1. The molecule has 0 aliphatic carbocycles. The fourth-order valence-corrected chi connectivity index (χ4v) is 1.14. The normalized spacial score (nSPS) is 10.2. The number of nitrogens with one attached hydrogen (secondary N) is 1. The van der Waals surface area contributed by atoms with Crippen molar-refractivity contribution in [2.45, 2.75) is 6.54 Å². The summed E-state index contributed by atoms with van der Waals surface area (Å²) in [5.41, 5.74) is 0.214. The fraction of sp³-hybridized carbons (Fsp3) is 0.364. The van der Waals surface area contributed by atoms with E-state index in [1.54, 1.807) is 14.1 Å². The number of carbonyl (C=O) groups excluding carboxylic acids is 1. The van der Waals surface area contributed by atoms with E-state index in [1.807, 2.05) is 0 Å². The van der Waals surface area contributed by atoms with Crippen LogP contribution in [0.4, 0.5) is 8.78 Å². The van der Waals surface area contributed by atoms with Crippen molar-refractivity contribution in [2.75, 3.05) is 20.6 Å². The van der Waals surface area contributed by atoms with Crippen LogP contribution in [0, 0.1) is 11.6 Å². The van der Waals surface area contributed by atoms with Crippen LogP contribution in [-0.2, 0) is 11.3 Å². The van der Waals surface area contributed by atoms with Gasteiger partial charge in [0.1, 0.15) is 11.6 Å². The summed E-state index contributed by atoms with van der Waals surface area (Å²) in [6, 6.07) is 3.24. The summed E-state index contributed by atoms with van der Waals surface area (Å²) in [5.74, 6) is -1.08. The Balaban J connectivity index is 2.49. The van der Waals surface area contributed by atoms with Crippen LogP contribution in [0.5, 0.6) is 0 Å². The Bertz CT molecular complexity index is 380. The lowest BCUT2D eigenvalue weighted by molar-refractivity contribution is -0.127. The van der Waals surface area contributed by atoms with Crippen LogP contribution in [0.25, 0.3) is 0 Å². The maximum atomic E-state index is 13.2. The summed E-state index contributed by atoms with van der Waals surface area (Å²) < 4.78 is 25.9. The monoisotopic (exact) mass is 228 g/mol. The molecule has 0 bridgehead atoms. The first-order chi connectivity index (χ1) is 7.50. The molecule has 1 aromatic carbocycles. The van der Waals surface area contributed by atoms with Gasteiger partial charge in [-0.3, -0.25) is 4.79 Å². The molecule has 1 aromatic rings. The molecule has 3 nitrogen and oxygen atoms in total. The van der Waals surface area contributed by atoms with Crippen LogP contribution in [0.1, 0.15) is 5.56 Å². The van der Waals surface area contributed by atoms with Crippen LogP contribution < -0.4 is 5.32 Å². The van der Waals surface area contributed by atoms with Gasteiger partial charge in [0.05, 0.1) is 6.54 Å². The summed E-state index contributed by atoms with van der Waals surface area (Å²) in [7, 11) is 3.26. The molecule has 0 aliphatic heterocycles. The average molecular weight is 228 g/mol. The highest BCUT2D eigenvalue weighted by atomic mass is 19.1. The van der Waals surface area contributed by atoms with Gasteiger partial charge in [-0.05, 0) is 18.2 Å². The molecule has 0 radical (unpaired) electrons. The molecule has 0 aliphatic rings. The molecule has 0 saturated heterocycles. The van der Waals surface area contributed by atoms with Crippen LogP contribution in [-0.4, -0.2) is 31.4 Å². The lowest BCUT2D eigenvalue weighted by Crippen LogP contribution is -2.32. The highest BCUT2D eigenvalue weighted by molar-refractivity contribution is 5.77. The number of amides is 1. The number of likely N-dealkylation sites (N-methyl/N-ethyl adjacent to an activating group) is 1. The second-order valence-electron chi connectivity index (χ2n) is 3.63. The third-order valence-corrected chi connectivity index (χ3v) is 2.10. The Kier molecular flexibility index (Phi) is 4.37. The molecule has 1 amide bonds. The van der Waals surface area contributed by atoms with Crippen LogP contribution in [0.15, 0.2) is 18.2 Å². The van der Waals surface area contributed by atoms with Gasteiger partial charge in [0, 0.05) is 26.2 Å². The lowest BCUT2D eigenvalue weighted by atomic mass is 10.2. The molecule has 0 saturated carbocycles. The number of carbonyl (C=O) groups is 1. The van der Waals surface area contributed by atoms with Gasteiger partial charge in [0.25, 0.3) is 0 Å². The minimum atomic E-state index is -0.489. The highest BCUT2D eigenvalue weighted by Crippen LogP contribution is 2.08. The Labute approximate surface area is 93.1 Å². The molecule has 0 heterocycles. The molecule has 0 fully saturated rings. The number of halogens is 2. The van der Waals surface area contributed by atoms with E-state index in [0.717, 1.165) is 18.2 Å². The number of hydrogen-bond donors (Lipinski definition) is 1. The second-order valence-corrected chi connectivity index (χ2v) is 3.63. The first kappa shape index (κ1) is 12.6.